The predicted octanol–water partition coefficient (Wildman–Crippen LogP) is 5.34. The number of carbonyl (C=O) groups excluding carboxylic acids is 2. The number of carbonyl (C=O) groups is 2. The molecular formula is C23H14ClNO3. The van der Waals surface area contributed by atoms with Crippen LogP contribution in [0.1, 0.15) is 26.3 Å². The van der Waals surface area contributed by atoms with Gasteiger partial charge in [-0.15, -0.1) is 0 Å². The molecule has 4 rings (SSSR count). The summed E-state index contributed by atoms with van der Waals surface area (Å²) in [5, 5.41) is 1.39. The number of rotatable bonds is 4. The molecule has 1 aromatic heterocycles. The SMILES string of the molecule is O=C(Oc1cccc2cccnc12)c1ccccc1C(=O)c1ccc(Cl)cc1. The number of hydrogen-bond donors (Lipinski definition) is 0. The molecule has 0 fully saturated rings. The molecule has 0 atom stereocenters. The first-order valence-electron chi connectivity index (χ1n) is 8.59. The molecule has 0 unspecified atom stereocenters. The van der Waals surface area contributed by atoms with Gasteiger partial charge < -0.3 is 4.74 Å². The molecule has 0 spiro atoms. The highest BCUT2D eigenvalue weighted by molar-refractivity contribution is 6.30. The minimum absolute atomic E-state index is 0.190. The highest BCUT2D eigenvalue weighted by Gasteiger charge is 2.20. The molecule has 0 aliphatic carbocycles. The third-order valence-corrected chi connectivity index (χ3v) is 4.55. The van der Waals surface area contributed by atoms with E-state index in [2.05, 4.69) is 4.98 Å². The van der Waals surface area contributed by atoms with Crippen LogP contribution in [-0.4, -0.2) is 16.7 Å². The van der Waals surface area contributed by atoms with Crippen LogP contribution in [0.15, 0.2) is 85.1 Å². The maximum atomic E-state index is 12.9. The number of ketones is 1. The molecule has 136 valence electrons. The van der Waals surface area contributed by atoms with Crippen LogP contribution >= 0.6 is 11.6 Å². The number of halogens is 1. The molecule has 4 aromatic rings. The summed E-state index contributed by atoms with van der Waals surface area (Å²) in [6.45, 7) is 0. The minimum atomic E-state index is -0.615. The molecule has 0 radical (unpaired) electrons. The highest BCUT2D eigenvalue weighted by Crippen LogP contribution is 2.25. The number of para-hydroxylation sites is 1. The van der Waals surface area contributed by atoms with Crippen LogP contribution in [0.25, 0.3) is 10.9 Å². The number of pyridine rings is 1. The lowest BCUT2D eigenvalue weighted by Crippen LogP contribution is -2.15. The van der Waals surface area contributed by atoms with Gasteiger partial charge in [-0.1, -0.05) is 48.0 Å². The molecule has 1 heterocycles. The van der Waals surface area contributed by atoms with E-state index < -0.39 is 5.97 Å². The summed E-state index contributed by atoms with van der Waals surface area (Å²) in [5.74, 6) is -0.548. The van der Waals surface area contributed by atoms with Crippen molar-refractivity contribution in [1.82, 2.24) is 4.98 Å². The van der Waals surface area contributed by atoms with Crippen molar-refractivity contribution in [2.45, 2.75) is 0 Å². The van der Waals surface area contributed by atoms with Gasteiger partial charge in [-0.2, -0.15) is 0 Å². The van der Waals surface area contributed by atoms with Crippen LogP contribution in [0, 0.1) is 0 Å². The Morgan fingerprint density at radius 2 is 1.50 bits per heavy atom. The van der Waals surface area contributed by atoms with Crippen molar-refractivity contribution in [3.05, 3.63) is 107 Å². The van der Waals surface area contributed by atoms with E-state index in [1.165, 1.54) is 0 Å². The van der Waals surface area contributed by atoms with Crippen molar-refractivity contribution in [3.63, 3.8) is 0 Å². The van der Waals surface area contributed by atoms with Crippen molar-refractivity contribution in [2.75, 3.05) is 0 Å². The van der Waals surface area contributed by atoms with Gasteiger partial charge in [0.05, 0.1) is 5.56 Å². The largest absolute Gasteiger partial charge is 0.421 e. The Hall–Kier alpha value is -3.50. The third-order valence-electron chi connectivity index (χ3n) is 4.30. The highest BCUT2D eigenvalue weighted by atomic mass is 35.5. The Labute approximate surface area is 166 Å². The fourth-order valence-corrected chi connectivity index (χ4v) is 3.06. The minimum Gasteiger partial charge on any atom is -0.421 e. The lowest BCUT2D eigenvalue weighted by atomic mass is 9.98. The van der Waals surface area contributed by atoms with Gasteiger partial charge in [0.2, 0.25) is 0 Å². The first-order chi connectivity index (χ1) is 13.6. The van der Waals surface area contributed by atoms with Gasteiger partial charge in [0, 0.05) is 27.7 Å². The zero-order chi connectivity index (χ0) is 19.5. The molecule has 5 heteroatoms. The number of esters is 1. The van der Waals surface area contributed by atoms with E-state index in [1.807, 2.05) is 18.2 Å². The standard InChI is InChI=1S/C23H14ClNO3/c24-17-12-10-16(11-13-17)22(26)18-7-1-2-8-19(18)23(27)28-20-9-3-5-15-6-4-14-25-21(15)20/h1-14H. The van der Waals surface area contributed by atoms with E-state index in [0.717, 1.165) is 5.39 Å². The molecular weight excluding hydrogens is 374 g/mol. The average Bonchev–Trinajstić information content (AvgIpc) is 2.74. The van der Waals surface area contributed by atoms with Crippen molar-refractivity contribution in [2.24, 2.45) is 0 Å². The van der Waals surface area contributed by atoms with Crippen molar-refractivity contribution < 1.29 is 14.3 Å². The van der Waals surface area contributed by atoms with Crippen LogP contribution in [0.4, 0.5) is 0 Å². The van der Waals surface area contributed by atoms with Gasteiger partial charge in [-0.25, -0.2) is 4.79 Å². The Kier molecular flexibility index (Phi) is 4.87. The summed E-state index contributed by atoms with van der Waals surface area (Å²) in [6.07, 6.45) is 1.64. The van der Waals surface area contributed by atoms with Crippen LogP contribution in [0.2, 0.25) is 5.02 Å². The fourth-order valence-electron chi connectivity index (χ4n) is 2.93. The molecule has 0 N–H and O–H groups in total. The Balaban J connectivity index is 1.69. The smallest absolute Gasteiger partial charge is 0.344 e. The summed E-state index contributed by atoms with van der Waals surface area (Å²) in [7, 11) is 0. The Bertz CT molecular complexity index is 1180. The van der Waals surface area contributed by atoms with Gasteiger partial charge in [0.25, 0.3) is 0 Å². The number of ether oxygens (including phenoxy) is 1. The van der Waals surface area contributed by atoms with Gasteiger partial charge in [0.15, 0.2) is 11.5 Å². The summed E-state index contributed by atoms with van der Waals surface area (Å²) in [5.41, 5.74) is 1.48. The summed E-state index contributed by atoms with van der Waals surface area (Å²) >= 11 is 5.89. The number of aromatic nitrogens is 1. The fraction of sp³-hybridized carbons (Fsp3) is 0. The number of fused-ring (bicyclic) bond motifs is 1. The Morgan fingerprint density at radius 1 is 0.786 bits per heavy atom. The second-order valence-corrected chi connectivity index (χ2v) is 6.54. The van der Waals surface area contributed by atoms with Crippen LogP contribution in [-0.2, 0) is 0 Å². The van der Waals surface area contributed by atoms with E-state index in [4.69, 9.17) is 16.3 Å². The monoisotopic (exact) mass is 387 g/mol. The van der Waals surface area contributed by atoms with E-state index in [-0.39, 0.29) is 16.9 Å². The van der Waals surface area contributed by atoms with Gasteiger partial charge in [-0.3, -0.25) is 9.78 Å². The average molecular weight is 388 g/mol. The van der Waals surface area contributed by atoms with Gasteiger partial charge in [-0.05, 0) is 42.5 Å². The van der Waals surface area contributed by atoms with E-state index in [1.54, 1.807) is 66.9 Å². The van der Waals surface area contributed by atoms with Crippen molar-refractivity contribution in [3.8, 4) is 5.75 Å². The topological polar surface area (TPSA) is 56.3 Å². The van der Waals surface area contributed by atoms with Gasteiger partial charge >= 0.3 is 5.97 Å². The molecule has 28 heavy (non-hydrogen) atoms. The zero-order valence-corrected chi connectivity index (χ0v) is 15.4. The third kappa shape index (κ3) is 3.50. The second kappa shape index (κ2) is 7.62. The van der Waals surface area contributed by atoms with Gasteiger partial charge in [0.1, 0.15) is 5.52 Å². The molecule has 0 bridgehead atoms. The molecule has 0 saturated carbocycles. The lowest BCUT2D eigenvalue weighted by Gasteiger charge is -2.10. The normalized spacial score (nSPS) is 10.6. The predicted molar refractivity (Wildman–Crippen MR) is 108 cm³/mol. The quantitative estimate of drug-likeness (QED) is 0.269. The molecule has 0 saturated heterocycles. The Morgan fingerprint density at radius 3 is 2.29 bits per heavy atom. The molecule has 0 aliphatic heterocycles. The molecule has 4 nitrogen and oxygen atoms in total. The molecule has 3 aromatic carbocycles. The first kappa shape index (κ1) is 17.9. The van der Waals surface area contributed by atoms with E-state index in [9.17, 15) is 9.59 Å². The molecule has 0 amide bonds. The first-order valence-corrected chi connectivity index (χ1v) is 8.96. The zero-order valence-electron chi connectivity index (χ0n) is 14.6. The lowest BCUT2D eigenvalue weighted by molar-refractivity contribution is 0.0732. The van der Waals surface area contributed by atoms with Crippen molar-refractivity contribution >= 4 is 34.3 Å². The van der Waals surface area contributed by atoms with Crippen LogP contribution in [0.3, 0.4) is 0 Å². The van der Waals surface area contributed by atoms with E-state index >= 15 is 0 Å². The maximum Gasteiger partial charge on any atom is 0.344 e. The number of benzene rings is 3. The van der Waals surface area contributed by atoms with Crippen LogP contribution < -0.4 is 4.74 Å². The maximum absolute atomic E-state index is 12.9. The summed E-state index contributed by atoms with van der Waals surface area (Å²) in [4.78, 5) is 30.0. The molecule has 0 aliphatic rings. The van der Waals surface area contributed by atoms with E-state index in [0.29, 0.717) is 21.9 Å². The number of hydrogen-bond acceptors (Lipinski definition) is 4. The summed E-state index contributed by atoms with van der Waals surface area (Å²) in [6, 6.07) is 22.2. The second-order valence-electron chi connectivity index (χ2n) is 6.10. The van der Waals surface area contributed by atoms with Crippen molar-refractivity contribution in [1.29, 1.82) is 0 Å². The van der Waals surface area contributed by atoms with Crippen LogP contribution in [0.5, 0.6) is 5.75 Å². The summed E-state index contributed by atoms with van der Waals surface area (Å²) < 4.78 is 5.58. The number of nitrogens with zero attached hydrogens (tertiary/aromatic N) is 1.